The Labute approximate surface area is 314 Å². The van der Waals surface area contributed by atoms with Crippen molar-refractivity contribution in [2.75, 3.05) is 33.0 Å². The third-order valence-electron chi connectivity index (χ3n) is 9.54. The first-order valence-corrected chi connectivity index (χ1v) is 23.0. The van der Waals surface area contributed by atoms with E-state index in [1.165, 1.54) is 161 Å². The van der Waals surface area contributed by atoms with E-state index in [9.17, 15) is 19.4 Å². The van der Waals surface area contributed by atoms with Gasteiger partial charge in [-0.1, -0.05) is 194 Å². The molecule has 9 nitrogen and oxygen atoms in total. The van der Waals surface area contributed by atoms with Crippen molar-refractivity contribution in [1.82, 2.24) is 0 Å². The number of ether oxygens (including phenoxy) is 2. The third-order valence-corrected chi connectivity index (χ3v) is 10.5. The standard InChI is InChI=1S/C41H83O9P/c1-3-5-7-9-11-13-15-16-17-18-19-20-21-22-23-24-26-28-30-32-34-47-37-40(38-49-51(45,46)48-36-39(43)35-42)50-41(44)33-31-29-27-25-14-12-10-8-6-4-2/h39-40,42-43H,3-38H2,1-2H3,(H,45,46)/t39-,40+/m0/s1. The van der Waals surface area contributed by atoms with Crippen LogP contribution in [0.5, 0.6) is 0 Å². The quantitative estimate of drug-likeness (QED) is 0.0317. The SMILES string of the molecule is CCCCCCCCCCCCCCCCCCCCCCOC[C@H](COP(=O)(O)OC[C@@H](O)CO)OC(=O)CCCCCCCCCCCC. The largest absolute Gasteiger partial charge is 0.472 e. The van der Waals surface area contributed by atoms with Crippen molar-refractivity contribution in [2.45, 2.75) is 225 Å². The molecule has 0 radical (unpaired) electrons. The molecule has 0 heterocycles. The molecule has 51 heavy (non-hydrogen) atoms. The predicted molar refractivity (Wildman–Crippen MR) is 210 cm³/mol. The zero-order valence-electron chi connectivity index (χ0n) is 33.3. The maximum atomic E-state index is 12.5. The summed E-state index contributed by atoms with van der Waals surface area (Å²) in [7, 11) is -4.50. The van der Waals surface area contributed by atoms with Gasteiger partial charge in [-0.05, 0) is 12.8 Å². The summed E-state index contributed by atoms with van der Waals surface area (Å²) in [5.74, 6) is -0.380. The molecular weight excluding hydrogens is 667 g/mol. The molecule has 3 N–H and O–H groups in total. The molecule has 0 aromatic rings. The monoisotopic (exact) mass is 751 g/mol. The molecule has 0 amide bonds. The number of unbranched alkanes of at least 4 members (excludes halogenated alkanes) is 28. The Balaban J connectivity index is 4.03. The van der Waals surface area contributed by atoms with E-state index in [-0.39, 0.29) is 25.6 Å². The van der Waals surface area contributed by atoms with Gasteiger partial charge in [0.05, 0.1) is 26.4 Å². The minimum absolute atomic E-state index is 0.0577. The van der Waals surface area contributed by atoms with Crippen LogP contribution in [0.3, 0.4) is 0 Å². The molecule has 0 bridgehead atoms. The van der Waals surface area contributed by atoms with Gasteiger partial charge in [-0.25, -0.2) is 4.57 Å². The Morgan fingerprint density at radius 3 is 1.27 bits per heavy atom. The van der Waals surface area contributed by atoms with E-state index in [4.69, 9.17) is 23.6 Å². The summed E-state index contributed by atoms with van der Waals surface area (Å²) in [6, 6.07) is 0. The number of hydrogen-bond acceptors (Lipinski definition) is 8. The minimum Gasteiger partial charge on any atom is -0.457 e. The number of aliphatic hydroxyl groups is 2. The van der Waals surface area contributed by atoms with Gasteiger partial charge in [-0.2, -0.15) is 0 Å². The Kier molecular flexibility index (Phi) is 38.7. The second-order valence-electron chi connectivity index (χ2n) is 14.7. The minimum atomic E-state index is -4.50. The first kappa shape index (κ1) is 50.5. The van der Waals surface area contributed by atoms with Crippen LogP contribution < -0.4 is 0 Å². The van der Waals surface area contributed by atoms with E-state index >= 15 is 0 Å². The summed E-state index contributed by atoms with van der Waals surface area (Å²) >= 11 is 0. The van der Waals surface area contributed by atoms with E-state index in [1.807, 2.05) is 0 Å². The summed E-state index contributed by atoms with van der Waals surface area (Å²) < 4.78 is 33.3. The lowest BCUT2D eigenvalue weighted by Gasteiger charge is -2.20. The van der Waals surface area contributed by atoms with E-state index in [2.05, 4.69) is 13.8 Å². The van der Waals surface area contributed by atoms with Gasteiger partial charge in [0.15, 0.2) is 0 Å². The second-order valence-corrected chi connectivity index (χ2v) is 16.2. The average molecular weight is 751 g/mol. The maximum Gasteiger partial charge on any atom is 0.472 e. The number of carbonyl (C=O) groups is 1. The van der Waals surface area contributed by atoms with E-state index in [0.717, 1.165) is 32.1 Å². The molecule has 0 aromatic heterocycles. The number of rotatable bonds is 42. The summed E-state index contributed by atoms with van der Waals surface area (Å²) in [6.07, 6.45) is 36.4. The molecule has 0 spiro atoms. The highest BCUT2D eigenvalue weighted by Crippen LogP contribution is 2.43. The van der Waals surface area contributed by atoms with Crippen molar-refractivity contribution in [3.63, 3.8) is 0 Å². The summed E-state index contributed by atoms with van der Waals surface area (Å²) in [5, 5.41) is 18.3. The number of esters is 1. The van der Waals surface area contributed by atoms with Gasteiger partial charge in [0.25, 0.3) is 0 Å². The van der Waals surface area contributed by atoms with Crippen LogP contribution in [0.2, 0.25) is 0 Å². The van der Waals surface area contributed by atoms with Crippen molar-refractivity contribution >= 4 is 13.8 Å². The Bertz CT molecular complexity index is 769. The molecule has 3 atom stereocenters. The van der Waals surface area contributed by atoms with Crippen LogP contribution in [0.25, 0.3) is 0 Å². The topological polar surface area (TPSA) is 132 Å². The van der Waals surface area contributed by atoms with Crippen molar-refractivity contribution in [3.05, 3.63) is 0 Å². The second kappa shape index (κ2) is 39.2. The van der Waals surface area contributed by atoms with Crippen molar-refractivity contribution in [2.24, 2.45) is 0 Å². The number of carbonyl (C=O) groups excluding carboxylic acids is 1. The third kappa shape index (κ3) is 39.0. The highest BCUT2D eigenvalue weighted by molar-refractivity contribution is 7.47. The summed E-state index contributed by atoms with van der Waals surface area (Å²) in [6.45, 7) is 3.55. The lowest BCUT2D eigenvalue weighted by molar-refractivity contribution is -0.154. The Morgan fingerprint density at radius 1 is 0.529 bits per heavy atom. The van der Waals surface area contributed by atoms with Crippen LogP contribution in [-0.2, 0) is 27.9 Å². The van der Waals surface area contributed by atoms with Crippen LogP contribution in [0.1, 0.15) is 213 Å². The van der Waals surface area contributed by atoms with E-state index < -0.39 is 33.2 Å². The zero-order valence-corrected chi connectivity index (χ0v) is 34.2. The van der Waals surface area contributed by atoms with Gasteiger partial charge in [0, 0.05) is 13.0 Å². The zero-order chi connectivity index (χ0) is 37.5. The fraction of sp³-hybridized carbons (Fsp3) is 0.976. The van der Waals surface area contributed by atoms with Crippen LogP contribution in [0, 0.1) is 0 Å². The number of hydrogen-bond donors (Lipinski definition) is 3. The fourth-order valence-corrected chi connectivity index (χ4v) is 7.03. The normalized spacial score (nSPS) is 14.1. The van der Waals surface area contributed by atoms with Crippen LogP contribution in [-0.4, -0.2) is 66.3 Å². The Hall–Kier alpha value is -0.540. The van der Waals surface area contributed by atoms with Gasteiger partial charge in [0.1, 0.15) is 12.2 Å². The van der Waals surface area contributed by atoms with Gasteiger partial charge in [-0.15, -0.1) is 0 Å². The van der Waals surface area contributed by atoms with Gasteiger partial charge < -0.3 is 24.6 Å². The summed E-state index contributed by atoms with van der Waals surface area (Å²) in [4.78, 5) is 22.5. The first-order valence-electron chi connectivity index (χ1n) is 21.5. The van der Waals surface area contributed by atoms with E-state index in [0.29, 0.717) is 6.61 Å². The lowest BCUT2D eigenvalue weighted by Crippen LogP contribution is -2.29. The molecule has 0 aliphatic carbocycles. The van der Waals surface area contributed by atoms with Crippen LogP contribution >= 0.6 is 7.82 Å². The molecule has 0 fully saturated rings. The number of phosphoric ester groups is 1. The highest BCUT2D eigenvalue weighted by Gasteiger charge is 2.26. The van der Waals surface area contributed by atoms with Gasteiger partial charge in [0.2, 0.25) is 0 Å². The molecule has 0 rings (SSSR count). The predicted octanol–water partition coefficient (Wildman–Crippen LogP) is 11.5. The van der Waals surface area contributed by atoms with Gasteiger partial charge in [-0.3, -0.25) is 13.8 Å². The molecule has 306 valence electrons. The first-order chi connectivity index (χ1) is 24.8. The smallest absolute Gasteiger partial charge is 0.457 e. The molecule has 0 saturated carbocycles. The molecule has 1 unspecified atom stereocenters. The molecule has 0 aromatic carbocycles. The van der Waals surface area contributed by atoms with Crippen molar-refractivity contribution in [1.29, 1.82) is 0 Å². The molecule has 10 heteroatoms. The average Bonchev–Trinajstić information content (AvgIpc) is 3.12. The maximum absolute atomic E-state index is 12.5. The highest BCUT2D eigenvalue weighted by atomic mass is 31.2. The van der Waals surface area contributed by atoms with Gasteiger partial charge >= 0.3 is 13.8 Å². The lowest BCUT2D eigenvalue weighted by atomic mass is 10.0. The number of aliphatic hydroxyl groups excluding tert-OH is 2. The fourth-order valence-electron chi connectivity index (χ4n) is 6.24. The molecule has 0 aliphatic rings. The molecule has 0 aliphatic heterocycles. The number of phosphoric acid groups is 1. The summed E-state index contributed by atoms with van der Waals surface area (Å²) in [5.41, 5.74) is 0. The van der Waals surface area contributed by atoms with Crippen LogP contribution in [0.15, 0.2) is 0 Å². The van der Waals surface area contributed by atoms with Crippen molar-refractivity contribution < 1.29 is 43.0 Å². The molecular formula is C41H83O9P. The van der Waals surface area contributed by atoms with Crippen LogP contribution in [0.4, 0.5) is 0 Å². The van der Waals surface area contributed by atoms with E-state index in [1.54, 1.807) is 0 Å². The molecule has 0 saturated heterocycles. The Morgan fingerprint density at radius 2 is 0.882 bits per heavy atom. The van der Waals surface area contributed by atoms with Crippen molar-refractivity contribution in [3.8, 4) is 0 Å².